The van der Waals surface area contributed by atoms with Crippen molar-refractivity contribution in [2.45, 2.75) is 0 Å². The van der Waals surface area contributed by atoms with Crippen molar-refractivity contribution >= 4 is 11.3 Å². The lowest BCUT2D eigenvalue weighted by Gasteiger charge is -2.07. The highest BCUT2D eigenvalue weighted by atomic mass is 32.1. The molecule has 0 bridgehead atoms. The average Bonchev–Trinajstić information content (AvgIpc) is 2.81. The predicted octanol–water partition coefficient (Wildman–Crippen LogP) is 2.95. The molecule has 0 atom stereocenters. The highest BCUT2D eigenvalue weighted by Crippen LogP contribution is 2.31. The van der Waals surface area contributed by atoms with Crippen molar-refractivity contribution in [3.8, 4) is 22.4 Å². The number of hydrogen-bond donors (Lipinski definition) is 0. The molecule has 84 valence electrons. The van der Waals surface area contributed by atoms with Crippen LogP contribution < -0.4 is 14.2 Å². The molecular weight excluding hydrogens is 226 g/mol. The zero-order valence-corrected chi connectivity index (χ0v) is 9.78. The summed E-state index contributed by atoms with van der Waals surface area (Å²) < 4.78 is 15.8. The number of aromatic nitrogens is 1. The number of rotatable bonds is 4. The van der Waals surface area contributed by atoms with Gasteiger partial charge in [0.25, 0.3) is 5.19 Å². The van der Waals surface area contributed by atoms with Crippen LogP contribution in [0.2, 0.25) is 0 Å². The van der Waals surface area contributed by atoms with Crippen LogP contribution in [0.1, 0.15) is 0 Å². The predicted molar refractivity (Wildman–Crippen MR) is 61.7 cm³/mol. The highest BCUT2D eigenvalue weighted by molar-refractivity contribution is 7.11. The summed E-state index contributed by atoms with van der Waals surface area (Å²) in [7, 11) is 3.20. The number of hydrogen-bond acceptors (Lipinski definition) is 5. The lowest BCUT2D eigenvalue weighted by molar-refractivity contribution is 0.386. The minimum absolute atomic E-state index is 0.593. The van der Waals surface area contributed by atoms with Crippen molar-refractivity contribution in [3.05, 3.63) is 29.8 Å². The number of ether oxygens (including phenoxy) is 3. The molecule has 5 heteroatoms. The Morgan fingerprint density at radius 3 is 2.12 bits per heavy atom. The Morgan fingerprint density at radius 2 is 1.62 bits per heavy atom. The Bertz CT molecular complexity index is 434. The van der Waals surface area contributed by atoms with Crippen molar-refractivity contribution < 1.29 is 14.2 Å². The first-order chi connectivity index (χ1) is 7.81. The van der Waals surface area contributed by atoms with Gasteiger partial charge < -0.3 is 14.2 Å². The molecule has 0 radical (unpaired) electrons. The molecule has 4 nitrogen and oxygen atoms in total. The molecule has 0 aliphatic heterocycles. The van der Waals surface area contributed by atoms with Crippen molar-refractivity contribution in [1.82, 2.24) is 4.98 Å². The topological polar surface area (TPSA) is 40.6 Å². The second kappa shape index (κ2) is 4.85. The fraction of sp³-hybridized carbons (Fsp3) is 0.182. The van der Waals surface area contributed by atoms with Gasteiger partial charge in [0.05, 0.1) is 14.2 Å². The fourth-order valence-corrected chi connectivity index (χ4v) is 1.71. The molecule has 0 N–H and O–H groups in total. The molecule has 0 aliphatic rings. The van der Waals surface area contributed by atoms with Gasteiger partial charge in [-0.25, -0.2) is 4.98 Å². The van der Waals surface area contributed by atoms with Crippen LogP contribution >= 0.6 is 11.3 Å². The Balaban J connectivity index is 2.26. The van der Waals surface area contributed by atoms with Crippen LogP contribution in [0.15, 0.2) is 29.8 Å². The standard InChI is InChI=1S/C11H11NO3S/c1-13-8-5-9(14-2)7-10(6-8)15-11-12-3-4-16-11/h3-7H,1-2H3. The fourth-order valence-electron chi connectivity index (χ4n) is 1.20. The molecule has 0 saturated heterocycles. The molecule has 2 aromatic rings. The maximum atomic E-state index is 5.55. The van der Waals surface area contributed by atoms with Gasteiger partial charge in [-0.3, -0.25) is 0 Å². The van der Waals surface area contributed by atoms with E-state index in [9.17, 15) is 0 Å². The summed E-state index contributed by atoms with van der Waals surface area (Å²) in [6, 6.07) is 5.35. The number of thiazole rings is 1. The summed E-state index contributed by atoms with van der Waals surface area (Å²) in [4.78, 5) is 4.04. The monoisotopic (exact) mass is 237 g/mol. The van der Waals surface area contributed by atoms with E-state index >= 15 is 0 Å². The van der Waals surface area contributed by atoms with Crippen molar-refractivity contribution in [1.29, 1.82) is 0 Å². The van der Waals surface area contributed by atoms with E-state index in [0.717, 1.165) is 0 Å². The van der Waals surface area contributed by atoms with E-state index in [-0.39, 0.29) is 0 Å². The molecule has 0 aliphatic carbocycles. The second-order valence-electron chi connectivity index (χ2n) is 2.95. The number of nitrogens with zero attached hydrogens (tertiary/aromatic N) is 1. The van der Waals surface area contributed by atoms with E-state index in [1.807, 2.05) is 5.38 Å². The molecule has 16 heavy (non-hydrogen) atoms. The van der Waals surface area contributed by atoms with E-state index in [1.54, 1.807) is 38.6 Å². The summed E-state index contributed by atoms with van der Waals surface area (Å²) in [6.07, 6.45) is 1.69. The van der Waals surface area contributed by atoms with Gasteiger partial charge >= 0.3 is 0 Å². The van der Waals surface area contributed by atoms with Crippen molar-refractivity contribution in [3.63, 3.8) is 0 Å². The summed E-state index contributed by atoms with van der Waals surface area (Å²) in [5, 5.41) is 2.45. The Morgan fingerprint density at radius 1 is 1.00 bits per heavy atom. The van der Waals surface area contributed by atoms with E-state index in [0.29, 0.717) is 22.4 Å². The summed E-state index contributed by atoms with van der Waals surface area (Å²) >= 11 is 1.43. The molecule has 0 fully saturated rings. The average molecular weight is 237 g/mol. The van der Waals surface area contributed by atoms with Gasteiger partial charge in [0, 0.05) is 29.8 Å². The van der Waals surface area contributed by atoms with Crippen LogP contribution in [0.4, 0.5) is 0 Å². The first kappa shape index (κ1) is 10.8. The molecule has 1 aromatic carbocycles. The largest absolute Gasteiger partial charge is 0.496 e. The van der Waals surface area contributed by atoms with Gasteiger partial charge in [0.15, 0.2) is 0 Å². The highest BCUT2D eigenvalue weighted by Gasteiger charge is 2.05. The molecule has 2 rings (SSSR count). The third-order valence-electron chi connectivity index (χ3n) is 1.94. The summed E-state index contributed by atoms with van der Waals surface area (Å²) in [5.41, 5.74) is 0. The zero-order chi connectivity index (χ0) is 11.4. The molecule has 0 spiro atoms. The van der Waals surface area contributed by atoms with Crippen LogP contribution in [0.3, 0.4) is 0 Å². The molecule has 0 amide bonds. The van der Waals surface area contributed by atoms with E-state index in [4.69, 9.17) is 14.2 Å². The van der Waals surface area contributed by atoms with Crippen LogP contribution in [-0.4, -0.2) is 19.2 Å². The smallest absolute Gasteiger partial charge is 0.278 e. The third kappa shape index (κ3) is 2.43. The SMILES string of the molecule is COc1cc(OC)cc(Oc2nccs2)c1. The van der Waals surface area contributed by atoms with Gasteiger partial charge in [-0.1, -0.05) is 11.3 Å². The van der Waals surface area contributed by atoms with Crippen LogP contribution in [0.25, 0.3) is 0 Å². The van der Waals surface area contributed by atoms with Gasteiger partial charge in [0.1, 0.15) is 17.2 Å². The first-order valence-corrected chi connectivity index (χ1v) is 5.50. The summed E-state index contributed by atoms with van der Waals surface area (Å²) in [6.45, 7) is 0. The zero-order valence-electron chi connectivity index (χ0n) is 8.97. The maximum absolute atomic E-state index is 5.55. The molecular formula is C11H11NO3S. The van der Waals surface area contributed by atoms with Crippen molar-refractivity contribution in [2.24, 2.45) is 0 Å². The Hall–Kier alpha value is -1.75. The molecule has 1 heterocycles. The lowest BCUT2D eigenvalue weighted by Crippen LogP contribution is -1.89. The van der Waals surface area contributed by atoms with Gasteiger partial charge in [-0.2, -0.15) is 0 Å². The van der Waals surface area contributed by atoms with Crippen LogP contribution in [-0.2, 0) is 0 Å². The quantitative estimate of drug-likeness (QED) is 0.819. The van der Waals surface area contributed by atoms with E-state index in [1.165, 1.54) is 11.3 Å². The van der Waals surface area contributed by atoms with Gasteiger partial charge in [-0.05, 0) is 0 Å². The minimum Gasteiger partial charge on any atom is -0.496 e. The first-order valence-electron chi connectivity index (χ1n) is 4.62. The van der Waals surface area contributed by atoms with Gasteiger partial charge in [0.2, 0.25) is 0 Å². The van der Waals surface area contributed by atoms with E-state index in [2.05, 4.69) is 4.98 Å². The molecule has 1 aromatic heterocycles. The number of methoxy groups -OCH3 is 2. The maximum Gasteiger partial charge on any atom is 0.278 e. The normalized spacial score (nSPS) is 9.88. The van der Waals surface area contributed by atoms with Crippen LogP contribution in [0, 0.1) is 0 Å². The summed E-state index contributed by atoms with van der Waals surface area (Å²) in [5.74, 6) is 2.02. The minimum atomic E-state index is 0.593. The van der Waals surface area contributed by atoms with Crippen molar-refractivity contribution in [2.75, 3.05) is 14.2 Å². The molecule has 0 saturated carbocycles. The lowest BCUT2D eigenvalue weighted by atomic mass is 10.3. The third-order valence-corrected chi connectivity index (χ3v) is 2.59. The number of benzene rings is 1. The Labute approximate surface area is 97.4 Å². The van der Waals surface area contributed by atoms with Crippen LogP contribution in [0.5, 0.6) is 22.4 Å². The van der Waals surface area contributed by atoms with E-state index < -0.39 is 0 Å². The Kier molecular flexibility index (Phi) is 3.26. The van der Waals surface area contributed by atoms with Gasteiger partial charge in [-0.15, -0.1) is 0 Å². The second-order valence-corrected chi connectivity index (χ2v) is 3.81. The molecule has 0 unspecified atom stereocenters.